The zero-order chi connectivity index (χ0) is 29.4. The normalized spacial score (nSPS) is 12.1. The van der Waals surface area contributed by atoms with Gasteiger partial charge in [0.1, 0.15) is 28.8 Å². The maximum absolute atomic E-state index is 14.7. The van der Waals surface area contributed by atoms with Gasteiger partial charge in [-0.15, -0.1) is 0 Å². The predicted octanol–water partition coefficient (Wildman–Crippen LogP) is 9.82. The third kappa shape index (κ3) is 5.78. The minimum Gasteiger partial charge on any atom is -0.429 e. The molecule has 210 valence electrons. The van der Waals surface area contributed by atoms with Crippen molar-refractivity contribution >= 4 is 0 Å². The summed E-state index contributed by atoms with van der Waals surface area (Å²) >= 11 is 0. The molecule has 1 nitrogen and oxygen atoms in total. The molecule has 0 N–H and O–H groups in total. The monoisotopic (exact) mass is 572 g/mol. The van der Waals surface area contributed by atoms with Gasteiger partial charge in [0.2, 0.25) is 0 Å². The minimum atomic E-state index is -5.42. The molecule has 0 spiro atoms. The van der Waals surface area contributed by atoms with Crippen LogP contribution in [-0.2, 0) is 18.7 Å². The molecule has 4 aromatic rings. The van der Waals surface area contributed by atoms with Crippen molar-refractivity contribution in [3.8, 4) is 28.0 Å². The van der Waals surface area contributed by atoms with Gasteiger partial charge in [-0.1, -0.05) is 55.8 Å². The lowest BCUT2D eigenvalue weighted by molar-refractivity contribution is -0.187. The maximum atomic E-state index is 14.7. The first-order valence-corrected chi connectivity index (χ1v) is 11.7. The lowest BCUT2D eigenvalue weighted by atomic mass is 9.97. The Morgan fingerprint density at radius 3 is 1.75 bits per heavy atom. The maximum Gasteiger partial charge on any atom is 0.429 e. The van der Waals surface area contributed by atoms with Crippen LogP contribution in [0.1, 0.15) is 30.0 Å². The summed E-state index contributed by atoms with van der Waals surface area (Å²) in [6, 6.07) is 10.9. The zero-order valence-corrected chi connectivity index (χ0v) is 20.5. The van der Waals surface area contributed by atoms with Gasteiger partial charge in [0.05, 0.1) is 5.56 Å². The van der Waals surface area contributed by atoms with Gasteiger partial charge >= 0.3 is 12.3 Å². The Morgan fingerprint density at radius 1 is 0.625 bits per heavy atom. The highest BCUT2D eigenvalue weighted by molar-refractivity contribution is 5.71. The standard InChI is InChI=1S/C29H18F10O/c1-2-3-17-8-10-20(27(34)26(17)33)16-6-4-15(5-7-16)18-9-11-21(22(30)12-18)29(38,39)40-19-13-23(31)25(24(32)14-19)28(35,36)37/h4-14H,2-3H2,1H3. The molecule has 0 atom stereocenters. The SMILES string of the molecule is CCCc1ccc(-c2ccc(-c3ccc(C(F)(F)Oc4cc(F)c(C(F)(F)F)c(F)c4)c(F)c3)cc2)c(F)c1F. The van der Waals surface area contributed by atoms with Crippen molar-refractivity contribution in [1.29, 1.82) is 0 Å². The number of benzene rings is 4. The summed E-state index contributed by atoms with van der Waals surface area (Å²) in [5.41, 5.74) is -2.64. The summed E-state index contributed by atoms with van der Waals surface area (Å²) in [6.07, 6.45) is -8.94. The molecule has 0 radical (unpaired) electrons. The first kappa shape index (κ1) is 29.0. The van der Waals surface area contributed by atoms with Crippen LogP contribution in [0.2, 0.25) is 0 Å². The number of rotatable bonds is 7. The van der Waals surface area contributed by atoms with Crippen LogP contribution in [-0.4, -0.2) is 0 Å². The average molecular weight is 572 g/mol. The van der Waals surface area contributed by atoms with Gasteiger partial charge in [-0.25, -0.2) is 22.0 Å². The third-order valence-corrected chi connectivity index (χ3v) is 6.04. The predicted molar refractivity (Wildman–Crippen MR) is 127 cm³/mol. The molecule has 0 bridgehead atoms. The van der Waals surface area contributed by atoms with Gasteiger partial charge < -0.3 is 4.74 Å². The number of aryl methyl sites for hydroxylation is 1. The molecule has 0 aliphatic heterocycles. The summed E-state index contributed by atoms with van der Waals surface area (Å²) in [5, 5.41) is 0. The zero-order valence-electron chi connectivity index (χ0n) is 20.5. The van der Waals surface area contributed by atoms with Crippen LogP contribution in [0, 0.1) is 29.1 Å². The molecule has 0 unspecified atom stereocenters. The van der Waals surface area contributed by atoms with Crippen molar-refractivity contribution in [2.75, 3.05) is 0 Å². The Balaban J connectivity index is 1.58. The summed E-state index contributed by atoms with van der Waals surface area (Å²) in [7, 11) is 0. The topological polar surface area (TPSA) is 9.23 Å². The molecule has 0 amide bonds. The summed E-state index contributed by atoms with van der Waals surface area (Å²) < 4.78 is 143. The molecule has 0 fully saturated rings. The highest BCUT2D eigenvalue weighted by atomic mass is 19.4. The largest absolute Gasteiger partial charge is 0.429 e. The van der Waals surface area contributed by atoms with Gasteiger partial charge in [-0.05, 0) is 40.8 Å². The van der Waals surface area contributed by atoms with E-state index in [0.29, 0.717) is 30.0 Å². The molecule has 11 heteroatoms. The van der Waals surface area contributed by atoms with E-state index in [1.54, 1.807) is 0 Å². The van der Waals surface area contributed by atoms with E-state index in [2.05, 4.69) is 4.74 Å². The third-order valence-electron chi connectivity index (χ3n) is 6.04. The van der Waals surface area contributed by atoms with Crippen LogP contribution in [0.15, 0.2) is 66.7 Å². The molecular formula is C29H18F10O. The summed E-state index contributed by atoms with van der Waals surface area (Å²) in [6.45, 7) is 1.83. The Morgan fingerprint density at radius 2 is 1.20 bits per heavy atom. The van der Waals surface area contributed by atoms with Gasteiger partial charge in [0, 0.05) is 17.7 Å². The number of hydrogen-bond acceptors (Lipinski definition) is 1. The van der Waals surface area contributed by atoms with E-state index in [0.717, 1.165) is 12.1 Å². The van der Waals surface area contributed by atoms with E-state index < -0.39 is 58.2 Å². The van der Waals surface area contributed by atoms with E-state index >= 15 is 0 Å². The molecule has 0 aliphatic carbocycles. The van der Waals surface area contributed by atoms with Crippen molar-refractivity contribution in [3.05, 3.63) is 113 Å². The Kier molecular flexibility index (Phi) is 7.87. The molecule has 0 aliphatic rings. The van der Waals surface area contributed by atoms with Crippen molar-refractivity contribution in [2.24, 2.45) is 0 Å². The van der Waals surface area contributed by atoms with Gasteiger partial charge in [0.25, 0.3) is 0 Å². The van der Waals surface area contributed by atoms with Crippen LogP contribution in [0.3, 0.4) is 0 Å². The molecule has 4 aromatic carbocycles. The molecule has 0 saturated heterocycles. The van der Waals surface area contributed by atoms with Gasteiger partial charge in [-0.3, -0.25) is 0 Å². The van der Waals surface area contributed by atoms with Crippen LogP contribution < -0.4 is 4.74 Å². The average Bonchev–Trinajstić information content (AvgIpc) is 2.85. The fraction of sp³-hybridized carbons (Fsp3) is 0.172. The van der Waals surface area contributed by atoms with Crippen molar-refractivity contribution < 1.29 is 48.6 Å². The second-order valence-corrected chi connectivity index (χ2v) is 8.80. The second kappa shape index (κ2) is 10.9. The molecule has 40 heavy (non-hydrogen) atoms. The first-order valence-electron chi connectivity index (χ1n) is 11.7. The van der Waals surface area contributed by atoms with Crippen LogP contribution in [0.4, 0.5) is 43.9 Å². The number of ether oxygens (including phenoxy) is 1. The lowest BCUT2D eigenvalue weighted by Gasteiger charge is -2.20. The number of halogens is 10. The first-order chi connectivity index (χ1) is 18.7. The van der Waals surface area contributed by atoms with E-state index in [9.17, 15) is 43.9 Å². The quantitative estimate of drug-likeness (QED) is 0.200. The van der Waals surface area contributed by atoms with Gasteiger partial charge in [0.15, 0.2) is 11.6 Å². The Labute approximate surface area is 221 Å². The molecular weight excluding hydrogens is 554 g/mol. The number of alkyl halides is 5. The minimum absolute atomic E-state index is 0.00152. The van der Waals surface area contributed by atoms with Crippen molar-refractivity contribution in [3.63, 3.8) is 0 Å². The van der Waals surface area contributed by atoms with Crippen molar-refractivity contribution in [2.45, 2.75) is 32.1 Å². The molecule has 4 rings (SSSR count). The summed E-state index contributed by atoms with van der Waals surface area (Å²) in [5.74, 6) is -9.12. The fourth-order valence-corrected chi connectivity index (χ4v) is 4.13. The number of hydrogen-bond donors (Lipinski definition) is 0. The highest BCUT2D eigenvalue weighted by Gasteiger charge is 2.41. The highest BCUT2D eigenvalue weighted by Crippen LogP contribution is 2.39. The lowest BCUT2D eigenvalue weighted by Crippen LogP contribution is -2.24. The van der Waals surface area contributed by atoms with Crippen LogP contribution in [0.25, 0.3) is 22.3 Å². The Bertz CT molecular complexity index is 1520. The Hall–Kier alpha value is -4.02. The van der Waals surface area contributed by atoms with E-state index in [1.165, 1.54) is 36.4 Å². The van der Waals surface area contributed by atoms with Crippen molar-refractivity contribution in [1.82, 2.24) is 0 Å². The van der Waals surface area contributed by atoms with E-state index in [4.69, 9.17) is 0 Å². The van der Waals surface area contributed by atoms with E-state index in [1.807, 2.05) is 6.92 Å². The smallest absolute Gasteiger partial charge is 0.429 e. The second-order valence-electron chi connectivity index (χ2n) is 8.80. The fourth-order valence-electron chi connectivity index (χ4n) is 4.13. The summed E-state index contributed by atoms with van der Waals surface area (Å²) in [4.78, 5) is 0. The van der Waals surface area contributed by atoms with Gasteiger partial charge in [-0.2, -0.15) is 22.0 Å². The molecule has 0 saturated carbocycles. The molecule has 0 heterocycles. The van der Waals surface area contributed by atoms with Crippen LogP contribution >= 0.6 is 0 Å². The van der Waals surface area contributed by atoms with Crippen LogP contribution in [0.5, 0.6) is 5.75 Å². The van der Waals surface area contributed by atoms with E-state index in [-0.39, 0.29) is 28.8 Å². The molecule has 0 aromatic heterocycles.